The van der Waals surface area contributed by atoms with Crippen LogP contribution in [-0.4, -0.2) is 45.9 Å². The summed E-state index contributed by atoms with van der Waals surface area (Å²) < 4.78 is 17.2. The highest BCUT2D eigenvalue weighted by Gasteiger charge is 2.21. The molecule has 0 saturated carbocycles. The molecule has 10 heteroatoms. The number of azo groups is 1. The van der Waals surface area contributed by atoms with Crippen LogP contribution in [0.5, 0.6) is 10.8 Å². The number of methoxy groups -OCH3 is 1. The first-order chi connectivity index (χ1) is 24.9. The highest BCUT2D eigenvalue weighted by atomic mass is 32.1. The fourth-order valence-electron chi connectivity index (χ4n) is 5.53. The number of carbonyl (C=O) groups excluding carboxylic acids is 1. The third-order valence-corrected chi connectivity index (χ3v) is 9.36. The van der Waals surface area contributed by atoms with Crippen LogP contribution < -0.4 is 19.7 Å². The van der Waals surface area contributed by atoms with Gasteiger partial charge in [-0.05, 0) is 74.1 Å². The molecule has 0 radical (unpaired) electrons. The lowest BCUT2D eigenvalue weighted by Crippen LogP contribution is -2.26. The number of nitrogens with one attached hydrogen (secondary N) is 1. The van der Waals surface area contributed by atoms with Crippen LogP contribution in [0, 0.1) is 17.2 Å². The smallest absolute Gasteiger partial charge is 0.255 e. The lowest BCUT2D eigenvalue weighted by Gasteiger charge is -2.26. The van der Waals surface area contributed by atoms with Gasteiger partial charge in [-0.2, -0.15) is 5.26 Å². The number of anilines is 2. The van der Waals surface area contributed by atoms with Crippen molar-refractivity contribution in [2.75, 3.05) is 50.2 Å². The van der Waals surface area contributed by atoms with E-state index in [9.17, 15) is 10.1 Å². The molecule has 3 aromatic carbocycles. The van der Waals surface area contributed by atoms with Gasteiger partial charge in [0.05, 0.1) is 25.0 Å². The molecule has 0 unspecified atom stereocenters. The van der Waals surface area contributed by atoms with Crippen LogP contribution in [-0.2, 0) is 4.74 Å². The van der Waals surface area contributed by atoms with Crippen LogP contribution in [0.2, 0.25) is 0 Å². The normalized spacial score (nSPS) is 11.2. The lowest BCUT2D eigenvalue weighted by atomic mass is 10.0. The number of benzene rings is 3. The molecule has 1 heterocycles. The van der Waals surface area contributed by atoms with Gasteiger partial charge in [-0.1, -0.05) is 87.8 Å². The minimum absolute atomic E-state index is 0.286. The predicted octanol–water partition coefficient (Wildman–Crippen LogP) is 11.2. The van der Waals surface area contributed by atoms with Gasteiger partial charge >= 0.3 is 0 Å². The van der Waals surface area contributed by atoms with Crippen molar-refractivity contribution in [1.82, 2.24) is 0 Å². The second kappa shape index (κ2) is 20.8. The summed E-state index contributed by atoms with van der Waals surface area (Å²) in [7, 11) is 1.58. The van der Waals surface area contributed by atoms with Crippen molar-refractivity contribution >= 4 is 39.3 Å². The number of nitriles is 1. The maximum Gasteiger partial charge on any atom is 0.255 e. The first-order valence-electron chi connectivity index (χ1n) is 18.0. The number of rotatable bonds is 21. The van der Waals surface area contributed by atoms with Gasteiger partial charge in [0.25, 0.3) is 5.91 Å². The molecule has 0 aliphatic rings. The van der Waals surface area contributed by atoms with Crippen LogP contribution in [0.25, 0.3) is 11.1 Å². The molecule has 1 amide bonds. The van der Waals surface area contributed by atoms with Gasteiger partial charge in [0.1, 0.15) is 23.1 Å². The number of carbonyl (C=O) groups is 1. The van der Waals surface area contributed by atoms with Gasteiger partial charge in [-0.15, -0.1) is 10.2 Å². The van der Waals surface area contributed by atoms with Gasteiger partial charge in [-0.3, -0.25) is 4.79 Å². The molecule has 4 rings (SSSR count). The summed E-state index contributed by atoms with van der Waals surface area (Å²) in [6, 6.07) is 25.0. The monoisotopic (exact) mass is 709 g/mol. The molecule has 51 heavy (non-hydrogen) atoms. The van der Waals surface area contributed by atoms with E-state index >= 15 is 0 Å². The second-order valence-corrected chi connectivity index (χ2v) is 13.6. The standard InChI is InChI=1S/C41H51N5O4S/c1-6-8-9-13-23-46(24-15-25-49-7-2)33-20-21-36(37(28-33)43-39(47)32-18-14-19-34(27-32)50-26-22-30(3)4)44-45-40-35(29-42)38(41(48-5)51-40)31-16-11-10-12-17-31/h10-12,14,16-21,27-28,30H,6-9,13,15,22-26H2,1-5H3,(H,43,47). The molecule has 270 valence electrons. The molecule has 0 aliphatic carbocycles. The molecule has 0 fully saturated rings. The van der Waals surface area contributed by atoms with E-state index in [1.807, 2.05) is 67.6 Å². The fraction of sp³-hybridized carbons (Fsp3) is 0.415. The molecule has 1 N–H and O–H groups in total. The van der Waals surface area contributed by atoms with Gasteiger partial charge in [-0.25, -0.2) is 0 Å². The Bertz CT molecular complexity index is 1740. The fourth-order valence-corrected chi connectivity index (χ4v) is 6.44. The van der Waals surface area contributed by atoms with E-state index in [4.69, 9.17) is 14.2 Å². The lowest BCUT2D eigenvalue weighted by molar-refractivity contribution is 0.102. The summed E-state index contributed by atoms with van der Waals surface area (Å²) >= 11 is 1.26. The zero-order chi connectivity index (χ0) is 36.4. The Morgan fingerprint density at radius 3 is 2.47 bits per heavy atom. The Morgan fingerprint density at radius 1 is 0.941 bits per heavy atom. The van der Waals surface area contributed by atoms with Crippen LogP contribution in [0.15, 0.2) is 83.0 Å². The number of amides is 1. The van der Waals surface area contributed by atoms with E-state index in [0.29, 0.717) is 69.6 Å². The Labute approximate surface area is 307 Å². The first kappa shape index (κ1) is 39.1. The van der Waals surface area contributed by atoms with Gasteiger partial charge in [0.15, 0.2) is 10.1 Å². The molecule has 0 spiro atoms. The Balaban J connectivity index is 1.70. The third-order valence-electron chi connectivity index (χ3n) is 8.32. The molecule has 9 nitrogen and oxygen atoms in total. The minimum Gasteiger partial charge on any atom is -0.494 e. The summed E-state index contributed by atoms with van der Waals surface area (Å²) in [4.78, 5) is 16.1. The molecule has 0 atom stereocenters. The van der Waals surface area contributed by atoms with Crippen LogP contribution in [0.4, 0.5) is 22.1 Å². The second-order valence-electron chi connectivity index (χ2n) is 12.6. The highest BCUT2D eigenvalue weighted by Crippen LogP contribution is 2.47. The van der Waals surface area contributed by atoms with Gasteiger partial charge in [0.2, 0.25) is 0 Å². The Morgan fingerprint density at radius 2 is 1.75 bits per heavy atom. The molecule has 1 aromatic heterocycles. The average Bonchev–Trinajstić information content (AvgIpc) is 3.51. The van der Waals surface area contributed by atoms with E-state index < -0.39 is 0 Å². The first-order valence-corrected chi connectivity index (χ1v) is 18.8. The highest BCUT2D eigenvalue weighted by molar-refractivity contribution is 7.18. The molecular weight excluding hydrogens is 659 g/mol. The van der Waals surface area contributed by atoms with Crippen molar-refractivity contribution in [2.24, 2.45) is 16.1 Å². The Kier molecular flexibility index (Phi) is 16.0. The van der Waals surface area contributed by atoms with Gasteiger partial charge < -0.3 is 24.4 Å². The van der Waals surface area contributed by atoms with Crippen molar-refractivity contribution < 1.29 is 19.0 Å². The molecular formula is C41H51N5O4S. The zero-order valence-corrected chi connectivity index (χ0v) is 31.4. The van der Waals surface area contributed by atoms with Crippen LogP contribution >= 0.6 is 11.3 Å². The molecule has 4 aromatic rings. The third kappa shape index (κ3) is 11.7. The van der Waals surface area contributed by atoms with Crippen molar-refractivity contribution in [3.8, 4) is 28.0 Å². The van der Waals surface area contributed by atoms with E-state index in [2.05, 4.69) is 47.3 Å². The quantitative estimate of drug-likeness (QED) is 0.0681. The summed E-state index contributed by atoms with van der Waals surface area (Å²) in [6.07, 6.45) is 6.39. The summed E-state index contributed by atoms with van der Waals surface area (Å²) in [5.74, 6) is 0.881. The maximum absolute atomic E-state index is 13.8. The summed E-state index contributed by atoms with van der Waals surface area (Å²) in [5.41, 5.74) is 4.36. The van der Waals surface area contributed by atoms with Gasteiger partial charge in [0, 0.05) is 37.6 Å². The number of unbranched alkanes of at least 4 members (excludes halogenated alkanes) is 3. The van der Waals surface area contributed by atoms with E-state index in [0.717, 1.165) is 50.0 Å². The van der Waals surface area contributed by atoms with Crippen LogP contribution in [0.1, 0.15) is 82.1 Å². The average molecular weight is 710 g/mol. The van der Waals surface area contributed by atoms with E-state index in [-0.39, 0.29) is 5.91 Å². The Hall–Kier alpha value is -4.72. The largest absolute Gasteiger partial charge is 0.494 e. The minimum atomic E-state index is -0.286. The number of hydrogen-bond acceptors (Lipinski definition) is 9. The summed E-state index contributed by atoms with van der Waals surface area (Å²) in [6.45, 7) is 12.2. The van der Waals surface area contributed by atoms with Crippen molar-refractivity contribution in [2.45, 2.75) is 66.2 Å². The molecule has 0 aliphatic heterocycles. The molecule has 0 bridgehead atoms. The van der Waals surface area contributed by atoms with E-state index in [1.54, 1.807) is 19.2 Å². The number of nitrogens with zero attached hydrogens (tertiary/aromatic N) is 4. The van der Waals surface area contributed by atoms with Crippen LogP contribution in [0.3, 0.4) is 0 Å². The number of hydrogen-bond donors (Lipinski definition) is 1. The van der Waals surface area contributed by atoms with E-state index in [1.165, 1.54) is 24.2 Å². The number of ether oxygens (including phenoxy) is 3. The van der Waals surface area contributed by atoms with Crippen molar-refractivity contribution in [3.63, 3.8) is 0 Å². The predicted molar refractivity (Wildman–Crippen MR) is 208 cm³/mol. The molecule has 0 saturated heterocycles. The maximum atomic E-state index is 13.8. The zero-order valence-electron chi connectivity index (χ0n) is 30.6. The van der Waals surface area contributed by atoms with Crippen molar-refractivity contribution in [3.05, 3.63) is 83.9 Å². The SMILES string of the molecule is CCCCCCN(CCCOCC)c1ccc(N=Nc2sc(OC)c(-c3ccccc3)c2C#N)c(NC(=O)c2cccc(OCCC(C)C)c2)c1. The topological polar surface area (TPSA) is 109 Å². The summed E-state index contributed by atoms with van der Waals surface area (Å²) in [5, 5.41) is 23.5. The number of thiophene rings is 1. The van der Waals surface area contributed by atoms with Crippen molar-refractivity contribution in [1.29, 1.82) is 5.26 Å².